The number of aliphatic imine (C=N–C) groups is 2. The molecule has 1 N–H and O–H groups in total. The third-order valence-corrected chi connectivity index (χ3v) is 6.81. The van der Waals surface area contributed by atoms with E-state index < -0.39 is 0 Å². The first-order valence-electron chi connectivity index (χ1n) is 11.8. The Morgan fingerprint density at radius 3 is 2.44 bits per heavy atom. The minimum atomic E-state index is -0.275. The Balaban J connectivity index is 1.43. The van der Waals surface area contributed by atoms with Crippen molar-refractivity contribution in [2.45, 2.75) is 6.17 Å². The van der Waals surface area contributed by atoms with Gasteiger partial charge in [0, 0.05) is 33.0 Å². The molecule has 0 bridgehead atoms. The van der Waals surface area contributed by atoms with Crippen LogP contribution in [0.25, 0.3) is 32.7 Å². The molecule has 7 rings (SSSR count). The van der Waals surface area contributed by atoms with Crippen LogP contribution in [0.3, 0.4) is 0 Å². The Hall–Kier alpha value is -4.41. The van der Waals surface area contributed by atoms with Crippen molar-refractivity contribution in [1.29, 1.82) is 0 Å². The van der Waals surface area contributed by atoms with Gasteiger partial charge in [-0.1, -0.05) is 90.5 Å². The molecule has 0 fully saturated rings. The molecule has 1 unspecified atom stereocenters. The summed E-state index contributed by atoms with van der Waals surface area (Å²) in [5.74, 6) is 1.45. The van der Waals surface area contributed by atoms with Crippen molar-refractivity contribution >= 4 is 56.0 Å². The Kier molecular flexibility index (Phi) is 4.86. The van der Waals surface area contributed by atoms with Crippen LogP contribution in [0.4, 0.5) is 0 Å². The highest BCUT2D eigenvalue weighted by Gasteiger charge is 2.23. The number of benzene rings is 5. The van der Waals surface area contributed by atoms with Gasteiger partial charge in [-0.25, -0.2) is 9.98 Å². The van der Waals surface area contributed by atoms with E-state index in [1.54, 1.807) is 0 Å². The molecule has 0 radical (unpaired) electrons. The van der Waals surface area contributed by atoms with Crippen LogP contribution in [0, 0.1) is 0 Å². The van der Waals surface area contributed by atoms with Crippen molar-refractivity contribution in [2.75, 3.05) is 0 Å². The number of fused-ring (bicyclic) bond motifs is 4. The van der Waals surface area contributed by atoms with E-state index in [0.717, 1.165) is 49.9 Å². The van der Waals surface area contributed by atoms with Gasteiger partial charge in [-0.05, 0) is 40.6 Å². The van der Waals surface area contributed by atoms with Crippen LogP contribution in [-0.4, -0.2) is 11.7 Å². The summed E-state index contributed by atoms with van der Waals surface area (Å²) in [6.07, 6.45) is -0.275. The van der Waals surface area contributed by atoms with Crippen LogP contribution in [0.2, 0.25) is 5.02 Å². The molecule has 2 heterocycles. The lowest BCUT2D eigenvalue weighted by molar-refractivity contribution is 0.668. The molecule has 1 aromatic heterocycles. The predicted octanol–water partition coefficient (Wildman–Crippen LogP) is 7.89. The topological polar surface area (TPSA) is 49.9 Å². The predicted molar refractivity (Wildman–Crippen MR) is 148 cm³/mol. The van der Waals surface area contributed by atoms with Crippen LogP contribution in [-0.2, 0) is 0 Å². The molecule has 1 aliphatic rings. The zero-order valence-electron chi connectivity index (χ0n) is 19.2. The lowest BCUT2D eigenvalue weighted by Crippen LogP contribution is -2.33. The Labute approximate surface area is 212 Å². The number of halogens is 1. The Morgan fingerprint density at radius 2 is 1.56 bits per heavy atom. The number of furan rings is 1. The number of nitrogens with one attached hydrogen (secondary N) is 1. The van der Waals surface area contributed by atoms with Gasteiger partial charge in [0.2, 0.25) is 0 Å². The fourth-order valence-corrected chi connectivity index (χ4v) is 5.01. The van der Waals surface area contributed by atoms with Gasteiger partial charge < -0.3 is 9.73 Å². The van der Waals surface area contributed by atoms with Crippen molar-refractivity contribution < 1.29 is 4.42 Å². The van der Waals surface area contributed by atoms with E-state index in [4.69, 9.17) is 26.0 Å². The van der Waals surface area contributed by atoms with Crippen molar-refractivity contribution in [3.05, 3.63) is 131 Å². The van der Waals surface area contributed by atoms with E-state index in [-0.39, 0.29) is 6.17 Å². The number of amidine groups is 2. The van der Waals surface area contributed by atoms with E-state index in [1.807, 2.05) is 48.5 Å². The van der Waals surface area contributed by atoms with Gasteiger partial charge in [-0.15, -0.1) is 0 Å². The second-order valence-electron chi connectivity index (χ2n) is 8.85. The van der Waals surface area contributed by atoms with Gasteiger partial charge in [0.1, 0.15) is 23.2 Å². The highest BCUT2D eigenvalue weighted by atomic mass is 35.5. The van der Waals surface area contributed by atoms with Crippen molar-refractivity contribution in [1.82, 2.24) is 5.32 Å². The van der Waals surface area contributed by atoms with Crippen LogP contribution < -0.4 is 5.32 Å². The molecule has 0 saturated heterocycles. The number of hydrogen-bond donors (Lipinski definition) is 1. The number of hydrogen-bond acceptors (Lipinski definition) is 4. The highest BCUT2D eigenvalue weighted by molar-refractivity contribution is 6.31. The van der Waals surface area contributed by atoms with Crippen LogP contribution in [0.5, 0.6) is 0 Å². The van der Waals surface area contributed by atoms with Gasteiger partial charge in [0.25, 0.3) is 0 Å². The standard InChI is InChI=1S/C31H20ClN3O/c32-23-15-16-24-27(18-23)36-26-12-6-11-25(28(24)26)31-34-29(20-8-2-1-3-9-20)33-30(35-31)22-14-13-19-7-4-5-10-21(19)17-22/h1-18,29H,(H,33,34,35). The lowest BCUT2D eigenvalue weighted by Gasteiger charge is -2.24. The molecule has 0 amide bonds. The van der Waals surface area contributed by atoms with Gasteiger partial charge in [0.05, 0.1) is 0 Å². The third kappa shape index (κ3) is 3.55. The van der Waals surface area contributed by atoms with Crippen LogP contribution in [0.1, 0.15) is 22.9 Å². The molecule has 0 spiro atoms. The first kappa shape index (κ1) is 20.9. The smallest absolute Gasteiger partial charge is 0.159 e. The Morgan fingerprint density at radius 1 is 0.722 bits per heavy atom. The molecule has 0 aliphatic carbocycles. The van der Waals surface area contributed by atoms with E-state index in [0.29, 0.717) is 10.9 Å². The maximum atomic E-state index is 6.24. The van der Waals surface area contributed by atoms with Gasteiger partial charge in [0.15, 0.2) is 5.84 Å². The van der Waals surface area contributed by atoms with Crippen LogP contribution in [0.15, 0.2) is 124 Å². The van der Waals surface area contributed by atoms with Gasteiger partial charge in [-0.2, -0.15) is 0 Å². The second-order valence-corrected chi connectivity index (χ2v) is 9.29. The van der Waals surface area contributed by atoms with Crippen molar-refractivity contribution in [2.24, 2.45) is 9.98 Å². The largest absolute Gasteiger partial charge is 0.456 e. The molecule has 1 atom stereocenters. The second kappa shape index (κ2) is 8.36. The quantitative estimate of drug-likeness (QED) is 0.277. The van der Waals surface area contributed by atoms with E-state index in [1.165, 1.54) is 5.39 Å². The summed E-state index contributed by atoms with van der Waals surface area (Å²) in [4.78, 5) is 10.1. The molecule has 5 aromatic carbocycles. The lowest BCUT2D eigenvalue weighted by atomic mass is 10.0. The minimum Gasteiger partial charge on any atom is -0.456 e. The third-order valence-electron chi connectivity index (χ3n) is 6.58. The molecule has 172 valence electrons. The summed E-state index contributed by atoms with van der Waals surface area (Å²) >= 11 is 6.24. The first-order valence-corrected chi connectivity index (χ1v) is 12.2. The molecular formula is C31H20ClN3O. The van der Waals surface area contributed by atoms with E-state index in [9.17, 15) is 0 Å². The fraction of sp³-hybridized carbons (Fsp3) is 0.0323. The maximum absolute atomic E-state index is 6.24. The molecular weight excluding hydrogens is 466 g/mol. The molecule has 6 aromatic rings. The van der Waals surface area contributed by atoms with E-state index in [2.05, 4.69) is 66.0 Å². The average Bonchev–Trinajstić information content (AvgIpc) is 3.30. The monoisotopic (exact) mass is 485 g/mol. The first-order chi connectivity index (χ1) is 17.7. The molecule has 4 nitrogen and oxygen atoms in total. The summed E-state index contributed by atoms with van der Waals surface area (Å²) < 4.78 is 6.14. The van der Waals surface area contributed by atoms with Crippen molar-refractivity contribution in [3.63, 3.8) is 0 Å². The van der Waals surface area contributed by atoms with E-state index >= 15 is 0 Å². The fourth-order valence-electron chi connectivity index (χ4n) is 4.85. The molecule has 1 aliphatic heterocycles. The van der Waals surface area contributed by atoms with Crippen molar-refractivity contribution in [3.8, 4) is 0 Å². The highest BCUT2D eigenvalue weighted by Crippen LogP contribution is 2.34. The zero-order chi connectivity index (χ0) is 24.1. The summed E-state index contributed by atoms with van der Waals surface area (Å²) in [7, 11) is 0. The summed E-state index contributed by atoms with van der Waals surface area (Å²) in [5.41, 5.74) is 4.55. The zero-order valence-corrected chi connectivity index (χ0v) is 19.9. The number of rotatable bonds is 3. The number of nitrogens with zero attached hydrogens (tertiary/aromatic N) is 2. The van der Waals surface area contributed by atoms with Gasteiger partial charge in [-0.3, -0.25) is 0 Å². The maximum Gasteiger partial charge on any atom is 0.159 e. The molecule has 0 saturated carbocycles. The van der Waals surface area contributed by atoms with Crippen LogP contribution >= 0.6 is 11.6 Å². The average molecular weight is 486 g/mol. The molecule has 5 heteroatoms. The SMILES string of the molecule is Clc1ccc2c(c1)oc1cccc(C3=NC(c4ccc5ccccc5c4)=NC(c4ccccc4)N3)c12. The summed E-state index contributed by atoms with van der Waals surface area (Å²) in [5, 5.41) is 8.57. The minimum absolute atomic E-state index is 0.275. The normalized spacial score (nSPS) is 15.6. The summed E-state index contributed by atoms with van der Waals surface area (Å²) in [6.45, 7) is 0. The van der Waals surface area contributed by atoms with Gasteiger partial charge >= 0.3 is 0 Å². The Bertz CT molecular complexity index is 1840. The molecule has 36 heavy (non-hydrogen) atoms. The summed E-state index contributed by atoms with van der Waals surface area (Å²) in [6, 6.07) is 36.7.